The molecule has 0 aromatic carbocycles. The summed E-state index contributed by atoms with van der Waals surface area (Å²) >= 11 is 0. The van der Waals surface area contributed by atoms with Crippen LogP contribution in [0.3, 0.4) is 0 Å². The summed E-state index contributed by atoms with van der Waals surface area (Å²) in [7, 11) is 0. The highest BCUT2D eigenvalue weighted by molar-refractivity contribution is 5.80. The predicted octanol–water partition coefficient (Wildman–Crippen LogP) is 3.28. The van der Waals surface area contributed by atoms with E-state index in [0.29, 0.717) is 6.42 Å². The summed E-state index contributed by atoms with van der Waals surface area (Å²) in [6.07, 6.45) is 10.9. The molecule has 0 atom stereocenters. The minimum atomic E-state index is -0.0253. The Hall–Kier alpha value is -1.71. The van der Waals surface area contributed by atoms with Crippen LogP contribution in [0.15, 0.2) is 29.5 Å². The van der Waals surface area contributed by atoms with E-state index < -0.39 is 0 Å². The van der Waals surface area contributed by atoms with Gasteiger partial charge in [-0.1, -0.05) is 45.1 Å². The fourth-order valence-corrected chi connectivity index (χ4v) is 1.74. The van der Waals surface area contributed by atoms with Crippen LogP contribution >= 0.6 is 0 Å². The van der Waals surface area contributed by atoms with Crippen LogP contribution in [-0.2, 0) is 4.79 Å². The molecule has 104 valence electrons. The number of carbonyl (C=O) groups is 1. The molecule has 0 spiro atoms. The molecule has 0 saturated carbocycles. The maximum absolute atomic E-state index is 11.5. The molecule has 1 rings (SSSR count). The largest absolute Gasteiger partial charge is 0.273 e. The highest BCUT2D eigenvalue weighted by Gasteiger charge is 1.98. The van der Waals surface area contributed by atoms with Gasteiger partial charge in [-0.2, -0.15) is 5.10 Å². The fourth-order valence-electron chi connectivity index (χ4n) is 1.74. The van der Waals surface area contributed by atoms with E-state index in [1.54, 1.807) is 12.4 Å². The Morgan fingerprint density at radius 3 is 2.79 bits per heavy atom. The van der Waals surface area contributed by atoms with Gasteiger partial charge in [0.05, 0.1) is 11.9 Å². The minimum absolute atomic E-state index is 0.0253. The zero-order valence-electron chi connectivity index (χ0n) is 11.6. The predicted molar refractivity (Wildman–Crippen MR) is 78.0 cm³/mol. The number of amides is 1. The number of hydrogen-bond acceptors (Lipinski definition) is 3. The van der Waals surface area contributed by atoms with Gasteiger partial charge in [-0.15, -0.1) is 0 Å². The number of nitrogens with one attached hydrogen (secondary N) is 1. The average Bonchev–Trinajstić information content (AvgIpc) is 2.44. The van der Waals surface area contributed by atoms with E-state index in [1.165, 1.54) is 25.7 Å². The van der Waals surface area contributed by atoms with Crippen molar-refractivity contribution in [1.29, 1.82) is 0 Å². The third-order valence-electron chi connectivity index (χ3n) is 2.83. The van der Waals surface area contributed by atoms with Crippen molar-refractivity contribution >= 4 is 12.1 Å². The Morgan fingerprint density at radius 1 is 1.26 bits per heavy atom. The maximum Gasteiger partial charge on any atom is 0.240 e. The molecule has 19 heavy (non-hydrogen) atoms. The van der Waals surface area contributed by atoms with Crippen molar-refractivity contribution in [3.05, 3.63) is 30.1 Å². The van der Waals surface area contributed by atoms with Crippen LogP contribution in [0.2, 0.25) is 0 Å². The van der Waals surface area contributed by atoms with Crippen LogP contribution in [0.4, 0.5) is 0 Å². The number of pyridine rings is 1. The first-order valence-corrected chi connectivity index (χ1v) is 7.06. The lowest BCUT2D eigenvalue weighted by molar-refractivity contribution is -0.121. The van der Waals surface area contributed by atoms with Crippen LogP contribution < -0.4 is 5.43 Å². The second-order valence-electron chi connectivity index (χ2n) is 4.57. The van der Waals surface area contributed by atoms with Gasteiger partial charge in [-0.3, -0.25) is 9.78 Å². The lowest BCUT2D eigenvalue weighted by Crippen LogP contribution is -2.17. The van der Waals surface area contributed by atoms with Gasteiger partial charge in [-0.05, 0) is 18.6 Å². The first-order chi connectivity index (χ1) is 9.33. The second kappa shape index (κ2) is 10.2. The first kappa shape index (κ1) is 15.3. The van der Waals surface area contributed by atoms with Crippen LogP contribution in [0.1, 0.15) is 57.6 Å². The smallest absolute Gasteiger partial charge is 0.240 e. The SMILES string of the molecule is CCCCCCCCC(=O)N/N=C\c1ccccn1. The van der Waals surface area contributed by atoms with Gasteiger partial charge in [0, 0.05) is 12.6 Å². The van der Waals surface area contributed by atoms with E-state index in [2.05, 4.69) is 22.4 Å². The van der Waals surface area contributed by atoms with E-state index in [4.69, 9.17) is 0 Å². The Kier molecular flexibility index (Phi) is 8.27. The maximum atomic E-state index is 11.5. The number of carbonyl (C=O) groups excluding carboxylic acids is 1. The summed E-state index contributed by atoms with van der Waals surface area (Å²) in [5.41, 5.74) is 3.26. The quantitative estimate of drug-likeness (QED) is 0.421. The highest BCUT2D eigenvalue weighted by Crippen LogP contribution is 2.06. The Labute approximate surface area is 115 Å². The third kappa shape index (κ3) is 8.08. The highest BCUT2D eigenvalue weighted by atomic mass is 16.2. The second-order valence-corrected chi connectivity index (χ2v) is 4.57. The summed E-state index contributed by atoms with van der Waals surface area (Å²) in [5, 5.41) is 3.88. The summed E-state index contributed by atoms with van der Waals surface area (Å²) < 4.78 is 0. The summed E-state index contributed by atoms with van der Waals surface area (Å²) in [4.78, 5) is 15.6. The van der Waals surface area contributed by atoms with Crippen molar-refractivity contribution in [3.63, 3.8) is 0 Å². The van der Waals surface area contributed by atoms with Crippen LogP contribution in [0, 0.1) is 0 Å². The van der Waals surface area contributed by atoms with Gasteiger partial charge in [0.1, 0.15) is 0 Å². The van der Waals surface area contributed by atoms with E-state index in [-0.39, 0.29) is 5.91 Å². The van der Waals surface area contributed by atoms with Crippen molar-refractivity contribution < 1.29 is 4.79 Å². The molecular weight excluding hydrogens is 238 g/mol. The molecule has 0 saturated heterocycles. The summed E-state index contributed by atoms with van der Waals surface area (Å²) in [6.45, 7) is 2.20. The molecule has 0 aliphatic heterocycles. The molecular formula is C15H23N3O. The Balaban J connectivity index is 2.06. The van der Waals surface area contributed by atoms with Gasteiger partial charge in [-0.25, -0.2) is 5.43 Å². The molecule has 4 heteroatoms. The van der Waals surface area contributed by atoms with Gasteiger partial charge >= 0.3 is 0 Å². The molecule has 1 amide bonds. The summed E-state index contributed by atoms with van der Waals surface area (Å²) in [5.74, 6) is -0.0253. The molecule has 1 heterocycles. The van der Waals surface area contributed by atoms with Crippen molar-refractivity contribution in [2.24, 2.45) is 5.10 Å². The van der Waals surface area contributed by atoms with Crippen molar-refractivity contribution in [2.45, 2.75) is 51.9 Å². The van der Waals surface area contributed by atoms with E-state index in [1.807, 2.05) is 18.2 Å². The normalized spacial score (nSPS) is 10.8. The molecule has 1 aromatic rings. The molecule has 0 aliphatic rings. The molecule has 0 aliphatic carbocycles. The van der Waals surface area contributed by atoms with E-state index >= 15 is 0 Å². The van der Waals surface area contributed by atoms with Crippen molar-refractivity contribution in [1.82, 2.24) is 10.4 Å². The number of unbranched alkanes of at least 4 members (excludes halogenated alkanes) is 5. The molecule has 0 fully saturated rings. The van der Waals surface area contributed by atoms with Crippen molar-refractivity contribution in [2.75, 3.05) is 0 Å². The molecule has 0 radical (unpaired) electrons. The van der Waals surface area contributed by atoms with E-state index in [0.717, 1.165) is 18.5 Å². The molecule has 1 N–H and O–H groups in total. The Morgan fingerprint density at radius 2 is 2.05 bits per heavy atom. The Bertz CT molecular complexity index is 376. The van der Waals surface area contributed by atoms with Gasteiger partial charge in [0.2, 0.25) is 5.91 Å². The average molecular weight is 261 g/mol. The van der Waals surface area contributed by atoms with Crippen LogP contribution in [-0.4, -0.2) is 17.1 Å². The monoisotopic (exact) mass is 261 g/mol. The molecule has 0 unspecified atom stereocenters. The van der Waals surface area contributed by atoms with Gasteiger partial charge in [0.25, 0.3) is 0 Å². The first-order valence-electron chi connectivity index (χ1n) is 7.06. The zero-order chi connectivity index (χ0) is 13.8. The lowest BCUT2D eigenvalue weighted by Gasteiger charge is -2.00. The van der Waals surface area contributed by atoms with Crippen molar-refractivity contribution in [3.8, 4) is 0 Å². The number of rotatable bonds is 9. The van der Waals surface area contributed by atoms with Crippen LogP contribution in [0.25, 0.3) is 0 Å². The number of hydrogen-bond donors (Lipinski definition) is 1. The van der Waals surface area contributed by atoms with Gasteiger partial charge in [0.15, 0.2) is 0 Å². The number of hydrazone groups is 1. The minimum Gasteiger partial charge on any atom is -0.273 e. The third-order valence-corrected chi connectivity index (χ3v) is 2.83. The van der Waals surface area contributed by atoms with E-state index in [9.17, 15) is 4.79 Å². The zero-order valence-corrected chi connectivity index (χ0v) is 11.6. The molecule has 4 nitrogen and oxygen atoms in total. The van der Waals surface area contributed by atoms with Crippen LogP contribution in [0.5, 0.6) is 0 Å². The molecule has 1 aromatic heterocycles. The summed E-state index contributed by atoms with van der Waals surface area (Å²) in [6, 6.07) is 5.56. The number of nitrogens with zero attached hydrogens (tertiary/aromatic N) is 2. The molecule has 0 bridgehead atoms. The fraction of sp³-hybridized carbons (Fsp3) is 0.533. The van der Waals surface area contributed by atoms with Gasteiger partial charge < -0.3 is 0 Å². The standard InChI is InChI=1S/C15H23N3O/c1-2-3-4-5-6-7-11-15(19)18-17-13-14-10-8-9-12-16-14/h8-10,12-13H,2-7,11H2,1H3,(H,18,19)/b17-13-. The topological polar surface area (TPSA) is 54.4 Å². The lowest BCUT2D eigenvalue weighted by atomic mass is 10.1. The number of aromatic nitrogens is 1.